The molecule has 0 aliphatic carbocycles. The molecular formula is C14H16FN3O4. The van der Waals surface area contributed by atoms with Gasteiger partial charge in [0.2, 0.25) is 0 Å². The van der Waals surface area contributed by atoms with Gasteiger partial charge in [-0.2, -0.15) is 0 Å². The van der Waals surface area contributed by atoms with E-state index in [0.29, 0.717) is 0 Å². The fourth-order valence-electron chi connectivity index (χ4n) is 2.70. The van der Waals surface area contributed by atoms with Crippen molar-refractivity contribution in [3.8, 4) is 0 Å². The van der Waals surface area contributed by atoms with Crippen molar-refractivity contribution < 1.29 is 23.3 Å². The summed E-state index contributed by atoms with van der Waals surface area (Å²) in [5.41, 5.74) is 9.38. The maximum Gasteiger partial charge on any atom is 0.184 e. The lowest BCUT2D eigenvalue weighted by atomic mass is 9.97. The standard InChI is InChI=1S/C14H16FN3O4/c1-19-14-11(17-18-16)10(15)12-9(21-14)7-20-13(22-12)8-5-3-2-4-6-8/h2-6,9-14H,7H2,1H3/t9-,10+,11+,12-,13-,14-/m1/s1. The molecule has 0 radical (unpaired) electrons. The topological polar surface area (TPSA) is 85.7 Å². The molecular weight excluding hydrogens is 293 g/mol. The van der Waals surface area contributed by atoms with Crippen LogP contribution in [0.3, 0.4) is 0 Å². The minimum Gasteiger partial charge on any atom is -0.355 e. The molecule has 118 valence electrons. The molecule has 0 spiro atoms. The van der Waals surface area contributed by atoms with E-state index in [1.165, 1.54) is 7.11 Å². The first-order valence-corrected chi connectivity index (χ1v) is 6.93. The maximum absolute atomic E-state index is 14.7. The minimum absolute atomic E-state index is 0.174. The molecule has 0 N–H and O–H groups in total. The van der Waals surface area contributed by atoms with Crippen molar-refractivity contribution in [2.45, 2.75) is 37.0 Å². The Morgan fingerprint density at radius 1 is 1.32 bits per heavy atom. The van der Waals surface area contributed by atoms with E-state index in [9.17, 15) is 4.39 Å². The van der Waals surface area contributed by atoms with Crippen molar-refractivity contribution >= 4 is 0 Å². The van der Waals surface area contributed by atoms with Gasteiger partial charge in [-0.25, -0.2) is 4.39 Å². The third-order valence-corrected chi connectivity index (χ3v) is 3.78. The molecule has 6 atom stereocenters. The van der Waals surface area contributed by atoms with E-state index >= 15 is 0 Å². The Hall–Kier alpha value is -1.70. The average molecular weight is 309 g/mol. The van der Waals surface area contributed by atoms with E-state index < -0.39 is 37.0 Å². The summed E-state index contributed by atoms with van der Waals surface area (Å²) in [6.45, 7) is 0.174. The number of nitrogens with zero attached hydrogens (tertiary/aromatic N) is 3. The normalized spacial score (nSPS) is 37.9. The van der Waals surface area contributed by atoms with Gasteiger partial charge in [0.25, 0.3) is 0 Å². The molecule has 0 aromatic heterocycles. The summed E-state index contributed by atoms with van der Waals surface area (Å²) in [7, 11) is 1.37. The largest absolute Gasteiger partial charge is 0.355 e. The van der Waals surface area contributed by atoms with Crippen molar-refractivity contribution in [2.75, 3.05) is 13.7 Å². The second kappa shape index (κ2) is 6.60. The molecule has 2 heterocycles. The van der Waals surface area contributed by atoms with Crippen LogP contribution >= 0.6 is 0 Å². The van der Waals surface area contributed by atoms with Crippen LogP contribution in [-0.2, 0) is 18.9 Å². The zero-order valence-corrected chi connectivity index (χ0v) is 11.9. The third kappa shape index (κ3) is 2.79. The van der Waals surface area contributed by atoms with Gasteiger partial charge < -0.3 is 18.9 Å². The van der Waals surface area contributed by atoms with Crippen molar-refractivity contribution in [3.05, 3.63) is 46.3 Å². The fourth-order valence-corrected chi connectivity index (χ4v) is 2.70. The smallest absolute Gasteiger partial charge is 0.184 e. The Bertz CT molecular complexity index is 554. The minimum atomic E-state index is -1.53. The van der Waals surface area contributed by atoms with Crippen LogP contribution in [0.25, 0.3) is 10.4 Å². The Morgan fingerprint density at radius 2 is 2.09 bits per heavy atom. The van der Waals surface area contributed by atoms with Crippen LogP contribution in [0.4, 0.5) is 4.39 Å². The molecule has 2 aliphatic heterocycles. The third-order valence-electron chi connectivity index (χ3n) is 3.78. The summed E-state index contributed by atoms with van der Waals surface area (Å²) >= 11 is 0. The highest BCUT2D eigenvalue weighted by molar-refractivity contribution is 5.16. The summed E-state index contributed by atoms with van der Waals surface area (Å²) < 4.78 is 36.6. The van der Waals surface area contributed by atoms with Gasteiger partial charge in [0.1, 0.15) is 24.4 Å². The number of azide groups is 1. The van der Waals surface area contributed by atoms with Crippen molar-refractivity contribution in [1.82, 2.24) is 0 Å². The monoisotopic (exact) mass is 309 g/mol. The van der Waals surface area contributed by atoms with Crippen LogP contribution in [0.15, 0.2) is 35.4 Å². The summed E-state index contributed by atoms with van der Waals surface area (Å²) in [6, 6.07) is 8.16. The van der Waals surface area contributed by atoms with Gasteiger partial charge >= 0.3 is 0 Å². The molecule has 0 unspecified atom stereocenters. The SMILES string of the molecule is CO[C@@H]1O[C@@H]2CO[C@@H](c3ccccc3)O[C@H]2[C@@H](F)[C@@H]1N=[N+]=[N-]. The Morgan fingerprint density at radius 3 is 2.77 bits per heavy atom. The molecule has 22 heavy (non-hydrogen) atoms. The Labute approximate surface area is 126 Å². The number of fused-ring (bicyclic) bond motifs is 1. The van der Waals surface area contributed by atoms with E-state index in [4.69, 9.17) is 24.5 Å². The highest BCUT2D eigenvalue weighted by Crippen LogP contribution is 2.36. The van der Waals surface area contributed by atoms with Gasteiger partial charge in [-0.1, -0.05) is 35.4 Å². The van der Waals surface area contributed by atoms with Crippen molar-refractivity contribution in [1.29, 1.82) is 0 Å². The molecule has 1 aromatic rings. The molecule has 2 saturated heterocycles. The van der Waals surface area contributed by atoms with Crippen LogP contribution in [-0.4, -0.2) is 44.4 Å². The zero-order chi connectivity index (χ0) is 15.5. The molecule has 0 bridgehead atoms. The summed E-state index contributed by atoms with van der Waals surface area (Å²) in [5.74, 6) is 0. The van der Waals surface area contributed by atoms with Gasteiger partial charge in [-0.3, -0.25) is 0 Å². The predicted octanol–water partition coefficient (Wildman–Crippen LogP) is 2.49. The number of rotatable bonds is 3. The zero-order valence-electron chi connectivity index (χ0n) is 11.9. The van der Waals surface area contributed by atoms with E-state index in [-0.39, 0.29) is 6.61 Å². The quantitative estimate of drug-likeness (QED) is 0.487. The molecule has 1 aromatic carbocycles. The number of hydrogen-bond acceptors (Lipinski definition) is 5. The van der Waals surface area contributed by atoms with Gasteiger partial charge in [0.15, 0.2) is 12.6 Å². The van der Waals surface area contributed by atoms with Crippen molar-refractivity contribution in [3.63, 3.8) is 0 Å². The number of hydrogen-bond donors (Lipinski definition) is 0. The molecule has 0 amide bonds. The van der Waals surface area contributed by atoms with E-state index in [1.807, 2.05) is 30.3 Å². The highest BCUT2D eigenvalue weighted by atomic mass is 19.1. The first-order valence-electron chi connectivity index (χ1n) is 6.93. The lowest BCUT2D eigenvalue weighted by Gasteiger charge is -2.45. The van der Waals surface area contributed by atoms with E-state index in [0.717, 1.165) is 5.56 Å². The average Bonchev–Trinajstić information content (AvgIpc) is 2.58. The molecule has 2 aliphatic rings. The van der Waals surface area contributed by atoms with Crippen LogP contribution in [0.2, 0.25) is 0 Å². The van der Waals surface area contributed by atoms with Crippen LogP contribution in [0.1, 0.15) is 11.9 Å². The molecule has 3 rings (SSSR count). The van der Waals surface area contributed by atoms with Gasteiger partial charge in [0.05, 0.1) is 6.61 Å². The lowest BCUT2D eigenvalue weighted by Crippen LogP contribution is -2.59. The van der Waals surface area contributed by atoms with Crippen LogP contribution in [0, 0.1) is 0 Å². The number of halogens is 1. The summed E-state index contributed by atoms with van der Waals surface area (Å²) in [6.07, 6.45) is -4.64. The molecule has 8 heteroatoms. The predicted molar refractivity (Wildman–Crippen MR) is 73.5 cm³/mol. The highest BCUT2D eigenvalue weighted by Gasteiger charge is 2.50. The first-order chi connectivity index (χ1) is 10.7. The summed E-state index contributed by atoms with van der Waals surface area (Å²) in [4.78, 5) is 2.66. The molecule has 0 saturated carbocycles. The first kappa shape index (κ1) is 15.2. The number of benzene rings is 1. The Kier molecular flexibility index (Phi) is 4.56. The number of methoxy groups -OCH3 is 1. The molecule has 2 fully saturated rings. The van der Waals surface area contributed by atoms with Crippen LogP contribution < -0.4 is 0 Å². The summed E-state index contributed by atoms with van der Waals surface area (Å²) in [5, 5.41) is 3.44. The molecule has 7 nitrogen and oxygen atoms in total. The lowest BCUT2D eigenvalue weighted by molar-refractivity contribution is -0.331. The number of alkyl halides is 1. The van der Waals surface area contributed by atoms with Crippen LogP contribution in [0.5, 0.6) is 0 Å². The Balaban J connectivity index is 1.79. The maximum atomic E-state index is 14.7. The van der Waals surface area contributed by atoms with E-state index in [2.05, 4.69) is 10.0 Å². The van der Waals surface area contributed by atoms with Crippen molar-refractivity contribution in [2.24, 2.45) is 5.11 Å². The van der Waals surface area contributed by atoms with Gasteiger partial charge in [-0.15, -0.1) is 0 Å². The van der Waals surface area contributed by atoms with Gasteiger partial charge in [0, 0.05) is 17.6 Å². The number of ether oxygens (including phenoxy) is 4. The fraction of sp³-hybridized carbons (Fsp3) is 0.571. The second-order valence-corrected chi connectivity index (χ2v) is 5.10. The van der Waals surface area contributed by atoms with E-state index in [1.54, 1.807) is 0 Å². The second-order valence-electron chi connectivity index (χ2n) is 5.10. The van der Waals surface area contributed by atoms with Gasteiger partial charge in [-0.05, 0) is 5.53 Å².